The molecule has 3 rings (SSSR count). The summed E-state index contributed by atoms with van der Waals surface area (Å²) in [4.78, 5) is 15.8. The number of carbonyl (C=O) groups excluding carboxylic acids is 1. The van der Waals surface area contributed by atoms with E-state index >= 15 is 0 Å². The van der Waals surface area contributed by atoms with Crippen LogP contribution in [0.15, 0.2) is 12.4 Å². The topological polar surface area (TPSA) is 50.6 Å². The molecular weight excluding hydrogens is 268 g/mol. The maximum Gasteiger partial charge on any atom is 0.224 e. The summed E-state index contributed by atoms with van der Waals surface area (Å²) in [6, 6.07) is 0. The van der Waals surface area contributed by atoms with Crippen molar-refractivity contribution in [3.63, 3.8) is 0 Å². The standard InChI is InChI=1S/C15H24N4O2/c1-17(2)15(20)5-13-4-12-9-19(10-14(12)21-13)8-11-6-16-18(3)7-11/h6-7,12-14H,4-5,8-10H2,1-3H3/t12-,13+,14+/m1/s1. The number of fused-ring (bicyclic) bond motifs is 1. The number of nitrogens with zero attached hydrogens (tertiary/aromatic N) is 4. The molecule has 0 aliphatic carbocycles. The molecule has 0 spiro atoms. The second kappa shape index (κ2) is 5.77. The van der Waals surface area contributed by atoms with E-state index < -0.39 is 0 Å². The van der Waals surface area contributed by atoms with Gasteiger partial charge in [0.05, 0.1) is 24.8 Å². The van der Waals surface area contributed by atoms with Crippen LogP contribution in [0, 0.1) is 5.92 Å². The second-order valence-electron chi connectivity index (χ2n) is 6.50. The highest BCUT2D eigenvalue weighted by atomic mass is 16.5. The lowest BCUT2D eigenvalue weighted by atomic mass is 10.0. The van der Waals surface area contributed by atoms with Gasteiger partial charge >= 0.3 is 0 Å². The Morgan fingerprint density at radius 3 is 2.90 bits per heavy atom. The summed E-state index contributed by atoms with van der Waals surface area (Å²) >= 11 is 0. The van der Waals surface area contributed by atoms with Crippen LogP contribution in [0.3, 0.4) is 0 Å². The molecule has 0 N–H and O–H groups in total. The van der Waals surface area contributed by atoms with Crippen molar-refractivity contribution >= 4 is 5.91 Å². The molecule has 21 heavy (non-hydrogen) atoms. The third-order valence-electron chi connectivity index (χ3n) is 4.46. The van der Waals surface area contributed by atoms with E-state index in [1.807, 2.05) is 17.9 Å². The molecule has 6 nitrogen and oxygen atoms in total. The summed E-state index contributed by atoms with van der Waals surface area (Å²) in [5.41, 5.74) is 1.25. The number of ether oxygens (including phenoxy) is 1. The zero-order valence-electron chi connectivity index (χ0n) is 13.0. The number of amides is 1. The molecule has 2 saturated heterocycles. The van der Waals surface area contributed by atoms with E-state index in [9.17, 15) is 4.79 Å². The third kappa shape index (κ3) is 3.27. The maximum absolute atomic E-state index is 11.8. The fourth-order valence-corrected chi connectivity index (χ4v) is 3.40. The van der Waals surface area contributed by atoms with Crippen molar-refractivity contribution in [3.8, 4) is 0 Å². The Morgan fingerprint density at radius 2 is 2.29 bits per heavy atom. The number of aromatic nitrogens is 2. The zero-order chi connectivity index (χ0) is 15.0. The molecule has 0 unspecified atom stereocenters. The van der Waals surface area contributed by atoms with E-state index in [0.29, 0.717) is 18.4 Å². The van der Waals surface area contributed by atoms with Gasteiger partial charge in [0.15, 0.2) is 0 Å². The molecule has 0 aromatic carbocycles. The predicted octanol–water partition coefficient (Wildman–Crippen LogP) is 0.488. The molecule has 2 aliphatic rings. The predicted molar refractivity (Wildman–Crippen MR) is 78.6 cm³/mol. The van der Waals surface area contributed by atoms with E-state index in [1.165, 1.54) is 5.56 Å². The Morgan fingerprint density at radius 1 is 1.48 bits per heavy atom. The molecule has 0 saturated carbocycles. The average molecular weight is 292 g/mol. The molecule has 1 aromatic heterocycles. The van der Waals surface area contributed by atoms with Gasteiger partial charge in [-0.25, -0.2) is 0 Å². The van der Waals surface area contributed by atoms with Crippen LogP contribution in [0.1, 0.15) is 18.4 Å². The molecule has 0 bridgehead atoms. The minimum absolute atomic E-state index is 0.107. The molecule has 116 valence electrons. The van der Waals surface area contributed by atoms with Gasteiger partial charge in [0.1, 0.15) is 0 Å². The molecular formula is C15H24N4O2. The first-order chi connectivity index (χ1) is 10.0. The van der Waals surface area contributed by atoms with Crippen molar-refractivity contribution < 1.29 is 9.53 Å². The number of likely N-dealkylation sites (tertiary alicyclic amines) is 1. The summed E-state index contributed by atoms with van der Waals surface area (Å²) in [5.74, 6) is 0.730. The van der Waals surface area contributed by atoms with Crippen LogP contribution >= 0.6 is 0 Å². The minimum Gasteiger partial charge on any atom is -0.373 e. The van der Waals surface area contributed by atoms with Crippen molar-refractivity contribution in [1.82, 2.24) is 19.6 Å². The quantitative estimate of drug-likeness (QED) is 0.810. The normalized spacial score (nSPS) is 28.8. The molecule has 2 fully saturated rings. The summed E-state index contributed by atoms with van der Waals surface area (Å²) < 4.78 is 7.91. The van der Waals surface area contributed by atoms with Gasteiger partial charge in [0.25, 0.3) is 0 Å². The maximum atomic E-state index is 11.8. The fraction of sp³-hybridized carbons (Fsp3) is 0.733. The number of rotatable bonds is 4. The van der Waals surface area contributed by atoms with Gasteiger partial charge in [-0.15, -0.1) is 0 Å². The number of aryl methyl sites for hydroxylation is 1. The smallest absolute Gasteiger partial charge is 0.224 e. The van der Waals surface area contributed by atoms with Gasteiger partial charge in [-0.3, -0.25) is 14.4 Å². The lowest BCUT2D eigenvalue weighted by Gasteiger charge is -2.19. The van der Waals surface area contributed by atoms with Crippen LogP contribution < -0.4 is 0 Å². The van der Waals surface area contributed by atoms with Crippen molar-refractivity contribution in [2.45, 2.75) is 31.6 Å². The monoisotopic (exact) mass is 292 g/mol. The van der Waals surface area contributed by atoms with Gasteiger partial charge in [0.2, 0.25) is 5.91 Å². The van der Waals surface area contributed by atoms with Crippen LogP contribution in [0.25, 0.3) is 0 Å². The van der Waals surface area contributed by atoms with Gasteiger partial charge < -0.3 is 9.64 Å². The molecule has 1 amide bonds. The van der Waals surface area contributed by atoms with E-state index in [1.54, 1.807) is 19.0 Å². The van der Waals surface area contributed by atoms with Crippen molar-refractivity contribution in [2.24, 2.45) is 13.0 Å². The van der Waals surface area contributed by atoms with E-state index in [0.717, 1.165) is 26.1 Å². The Hall–Kier alpha value is -1.40. The lowest BCUT2D eigenvalue weighted by molar-refractivity contribution is -0.131. The highest BCUT2D eigenvalue weighted by molar-refractivity contribution is 5.76. The molecule has 3 heterocycles. The van der Waals surface area contributed by atoms with E-state index in [-0.39, 0.29) is 12.0 Å². The van der Waals surface area contributed by atoms with Gasteiger partial charge in [-0.1, -0.05) is 0 Å². The van der Waals surface area contributed by atoms with Gasteiger partial charge in [-0.2, -0.15) is 5.10 Å². The summed E-state index contributed by atoms with van der Waals surface area (Å²) in [6.45, 7) is 2.96. The SMILES string of the molecule is CN(C)C(=O)C[C@@H]1C[C@@H]2CN(Cc3cnn(C)c3)C[C@@H]2O1. The summed E-state index contributed by atoms with van der Waals surface area (Å²) in [5, 5.41) is 4.21. The molecule has 6 heteroatoms. The first kappa shape index (κ1) is 14.5. The Kier molecular flexibility index (Phi) is 3.99. The summed E-state index contributed by atoms with van der Waals surface area (Å²) in [7, 11) is 5.54. The van der Waals surface area contributed by atoms with E-state index in [4.69, 9.17) is 4.74 Å². The number of carbonyl (C=O) groups is 1. The minimum atomic E-state index is 0.107. The molecule has 0 radical (unpaired) electrons. The summed E-state index contributed by atoms with van der Waals surface area (Å²) in [6.07, 6.45) is 5.91. The van der Waals surface area contributed by atoms with Crippen LogP contribution in [-0.2, 0) is 23.1 Å². The first-order valence-corrected chi connectivity index (χ1v) is 7.56. The lowest BCUT2D eigenvalue weighted by Crippen LogP contribution is -2.29. The number of hydrogen-bond donors (Lipinski definition) is 0. The number of hydrogen-bond acceptors (Lipinski definition) is 4. The Balaban J connectivity index is 1.48. The molecule has 1 aromatic rings. The van der Waals surface area contributed by atoms with Crippen LogP contribution in [0.2, 0.25) is 0 Å². The van der Waals surface area contributed by atoms with Crippen molar-refractivity contribution in [2.75, 3.05) is 27.2 Å². The van der Waals surface area contributed by atoms with Crippen molar-refractivity contribution in [3.05, 3.63) is 18.0 Å². The zero-order valence-corrected chi connectivity index (χ0v) is 13.0. The van der Waals surface area contributed by atoms with Crippen LogP contribution in [0.4, 0.5) is 0 Å². The molecule has 2 aliphatic heterocycles. The third-order valence-corrected chi connectivity index (χ3v) is 4.46. The molecule has 3 atom stereocenters. The Bertz CT molecular complexity index is 500. The van der Waals surface area contributed by atoms with E-state index in [2.05, 4.69) is 16.2 Å². The van der Waals surface area contributed by atoms with Gasteiger partial charge in [0, 0.05) is 58.5 Å². The Labute approximate surface area is 125 Å². The largest absolute Gasteiger partial charge is 0.373 e. The second-order valence-corrected chi connectivity index (χ2v) is 6.50. The highest BCUT2D eigenvalue weighted by Gasteiger charge is 2.42. The van der Waals surface area contributed by atoms with Crippen molar-refractivity contribution in [1.29, 1.82) is 0 Å². The van der Waals surface area contributed by atoms with Crippen LogP contribution in [0.5, 0.6) is 0 Å². The van der Waals surface area contributed by atoms with Gasteiger partial charge in [-0.05, 0) is 6.42 Å². The average Bonchev–Trinajstić information content (AvgIpc) is 3.04. The highest BCUT2D eigenvalue weighted by Crippen LogP contribution is 2.34. The first-order valence-electron chi connectivity index (χ1n) is 7.56. The fourth-order valence-electron chi connectivity index (χ4n) is 3.40. The van der Waals surface area contributed by atoms with Crippen LogP contribution in [-0.4, -0.2) is 64.9 Å².